The number of fused-ring (bicyclic) bond motifs is 1. The molecule has 30 heavy (non-hydrogen) atoms. The van der Waals surface area contributed by atoms with Crippen LogP contribution in [0.15, 0.2) is 24.5 Å². The van der Waals surface area contributed by atoms with Crippen LogP contribution in [0.2, 0.25) is 0 Å². The Hall–Kier alpha value is -2.48. The van der Waals surface area contributed by atoms with Crippen molar-refractivity contribution in [1.29, 1.82) is 0 Å². The van der Waals surface area contributed by atoms with Crippen molar-refractivity contribution < 1.29 is 9.59 Å². The van der Waals surface area contributed by atoms with Gasteiger partial charge >= 0.3 is 0 Å². The quantitative estimate of drug-likeness (QED) is 0.770. The summed E-state index contributed by atoms with van der Waals surface area (Å²) in [7, 11) is 0. The molecule has 5 heterocycles. The molecule has 0 spiro atoms. The molecule has 2 aromatic rings. The normalized spacial score (nSPS) is 23.9. The van der Waals surface area contributed by atoms with Crippen LogP contribution in [-0.2, 0) is 4.79 Å². The van der Waals surface area contributed by atoms with E-state index >= 15 is 0 Å². The molecule has 1 atom stereocenters. The Morgan fingerprint density at radius 1 is 0.933 bits per heavy atom. The van der Waals surface area contributed by atoms with Gasteiger partial charge < -0.3 is 9.80 Å². The summed E-state index contributed by atoms with van der Waals surface area (Å²) in [5.41, 5.74) is 1.15. The Kier molecular flexibility index (Phi) is 5.41. The molecule has 8 nitrogen and oxygen atoms in total. The summed E-state index contributed by atoms with van der Waals surface area (Å²) in [6.45, 7) is 5.31. The van der Waals surface area contributed by atoms with E-state index in [0.29, 0.717) is 23.3 Å². The molecular formula is C22H30N6O2. The summed E-state index contributed by atoms with van der Waals surface area (Å²) in [6.07, 6.45) is 9.85. The number of amides is 2. The average molecular weight is 411 g/mol. The van der Waals surface area contributed by atoms with Gasteiger partial charge in [-0.25, -0.2) is 9.50 Å². The molecule has 3 fully saturated rings. The molecule has 0 bridgehead atoms. The lowest BCUT2D eigenvalue weighted by molar-refractivity contribution is -0.136. The van der Waals surface area contributed by atoms with Crippen molar-refractivity contribution in [2.24, 2.45) is 5.92 Å². The zero-order chi connectivity index (χ0) is 20.5. The molecule has 3 aliphatic rings. The van der Waals surface area contributed by atoms with E-state index in [-0.39, 0.29) is 11.8 Å². The maximum absolute atomic E-state index is 12.9. The highest BCUT2D eigenvalue weighted by Gasteiger charge is 2.35. The van der Waals surface area contributed by atoms with Crippen molar-refractivity contribution in [1.82, 2.24) is 29.3 Å². The van der Waals surface area contributed by atoms with Gasteiger partial charge in [0.15, 0.2) is 11.3 Å². The minimum atomic E-state index is -0.0142. The molecule has 0 aromatic carbocycles. The topological polar surface area (TPSA) is 74.0 Å². The van der Waals surface area contributed by atoms with E-state index in [4.69, 9.17) is 0 Å². The van der Waals surface area contributed by atoms with Crippen LogP contribution in [0.4, 0.5) is 0 Å². The van der Waals surface area contributed by atoms with Crippen molar-refractivity contribution in [3.8, 4) is 0 Å². The number of hydrogen-bond acceptors (Lipinski definition) is 5. The summed E-state index contributed by atoms with van der Waals surface area (Å²) < 4.78 is 1.64. The van der Waals surface area contributed by atoms with Gasteiger partial charge in [-0.1, -0.05) is 0 Å². The highest BCUT2D eigenvalue weighted by molar-refractivity contribution is 5.93. The number of piperidine rings is 2. The van der Waals surface area contributed by atoms with Gasteiger partial charge in [-0.3, -0.25) is 14.5 Å². The van der Waals surface area contributed by atoms with E-state index in [9.17, 15) is 9.59 Å². The zero-order valence-electron chi connectivity index (χ0n) is 17.4. The SMILES string of the molecule is O=C(c1cc2ncccn2n1)N1CCC(N2CCCC(C(=O)N3CCCC3)C2)CC1. The van der Waals surface area contributed by atoms with Gasteiger partial charge in [0.05, 0.1) is 5.92 Å². The number of rotatable bonds is 3. The molecule has 8 heteroatoms. The molecule has 0 saturated carbocycles. The number of aromatic nitrogens is 3. The van der Waals surface area contributed by atoms with E-state index in [2.05, 4.69) is 19.9 Å². The maximum atomic E-state index is 12.9. The second kappa shape index (κ2) is 8.34. The first-order valence-electron chi connectivity index (χ1n) is 11.3. The summed E-state index contributed by atoms with van der Waals surface area (Å²) in [5.74, 6) is 0.506. The third kappa shape index (κ3) is 3.80. The van der Waals surface area contributed by atoms with Crippen LogP contribution < -0.4 is 0 Å². The first-order valence-corrected chi connectivity index (χ1v) is 11.3. The smallest absolute Gasteiger partial charge is 0.274 e. The molecule has 160 valence electrons. The first-order chi connectivity index (χ1) is 14.7. The molecule has 2 aromatic heterocycles. The standard InChI is InChI=1S/C22H30N6O2/c29-21(25-9-1-2-10-25)17-5-3-11-27(16-17)18-6-13-26(14-7-18)22(30)19-15-20-23-8-4-12-28(20)24-19/h4,8,12,15,17-18H,1-3,5-7,9-11,13-14,16H2. The minimum Gasteiger partial charge on any atom is -0.342 e. The largest absolute Gasteiger partial charge is 0.342 e. The fraction of sp³-hybridized carbons (Fsp3) is 0.636. The number of carbonyl (C=O) groups excluding carboxylic acids is 2. The number of likely N-dealkylation sites (tertiary alicyclic amines) is 3. The summed E-state index contributed by atoms with van der Waals surface area (Å²) in [5, 5.41) is 4.37. The highest BCUT2D eigenvalue weighted by Crippen LogP contribution is 2.26. The van der Waals surface area contributed by atoms with Gasteiger partial charge in [0.25, 0.3) is 5.91 Å². The molecule has 1 unspecified atom stereocenters. The summed E-state index contributed by atoms with van der Waals surface area (Å²) >= 11 is 0. The van der Waals surface area contributed by atoms with E-state index in [0.717, 1.165) is 77.8 Å². The average Bonchev–Trinajstić information content (AvgIpc) is 3.48. The first kappa shape index (κ1) is 19.5. The Morgan fingerprint density at radius 2 is 1.73 bits per heavy atom. The lowest BCUT2D eigenvalue weighted by Gasteiger charge is -2.42. The maximum Gasteiger partial charge on any atom is 0.274 e. The van der Waals surface area contributed by atoms with Crippen LogP contribution in [-0.4, -0.2) is 86.4 Å². The van der Waals surface area contributed by atoms with Gasteiger partial charge in [0.1, 0.15) is 0 Å². The van der Waals surface area contributed by atoms with Crippen molar-refractivity contribution in [3.05, 3.63) is 30.2 Å². The molecule has 3 saturated heterocycles. The predicted molar refractivity (Wildman–Crippen MR) is 112 cm³/mol. The molecular weight excluding hydrogens is 380 g/mol. The van der Waals surface area contributed by atoms with Crippen LogP contribution in [0, 0.1) is 5.92 Å². The molecule has 3 aliphatic heterocycles. The van der Waals surface area contributed by atoms with Gasteiger partial charge in [0, 0.05) is 57.2 Å². The molecule has 0 radical (unpaired) electrons. The predicted octanol–water partition coefficient (Wildman–Crippen LogP) is 1.67. The molecule has 2 amide bonds. The summed E-state index contributed by atoms with van der Waals surface area (Å²) in [4.78, 5) is 36.5. The second-order valence-corrected chi connectivity index (χ2v) is 8.84. The van der Waals surface area contributed by atoms with Gasteiger partial charge in [-0.15, -0.1) is 0 Å². The molecule has 0 N–H and O–H groups in total. The Labute approximate surface area is 176 Å². The Balaban J connectivity index is 1.17. The zero-order valence-corrected chi connectivity index (χ0v) is 17.4. The van der Waals surface area contributed by atoms with E-state index in [1.807, 2.05) is 11.1 Å². The van der Waals surface area contributed by atoms with Gasteiger partial charge in [-0.2, -0.15) is 5.10 Å². The Morgan fingerprint density at radius 3 is 2.50 bits per heavy atom. The van der Waals surface area contributed by atoms with E-state index in [1.54, 1.807) is 22.8 Å². The third-order valence-electron chi connectivity index (χ3n) is 6.94. The monoisotopic (exact) mass is 410 g/mol. The Bertz CT molecular complexity index is 880. The van der Waals surface area contributed by atoms with Crippen molar-refractivity contribution >= 4 is 17.5 Å². The molecule has 5 rings (SSSR count). The van der Waals surface area contributed by atoms with Gasteiger partial charge in [0.2, 0.25) is 5.91 Å². The van der Waals surface area contributed by atoms with Crippen LogP contribution in [0.25, 0.3) is 5.65 Å². The van der Waals surface area contributed by atoms with Crippen LogP contribution in [0.1, 0.15) is 49.0 Å². The summed E-state index contributed by atoms with van der Waals surface area (Å²) in [6, 6.07) is 4.03. The van der Waals surface area contributed by atoms with Crippen LogP contribution in [0.3, 0.4) is 0 Å². The third-order valence-corrected chi connectivity index (χ3v) is 6.94. The number of nitrogens with zero attached hydrogens (tertiary/aromatic N) is 6. The fourth-order valence-electron chi connectivity index (χ4n) is 5.27. The van der Waals surface area contributed by atoms with Gasteiger partial charge in [-0.05, 0) is 51.1 Å². The minimum absolute atomic E-state index is 0.0142. The van der Waals surface area contributed by atoms with Crippen LogP contribution in [0.5, 0.6) is 0 Å². The molecule has 0 aliphatic carbocycles. The van der Waals surface area contributed by atoms with E-state index < -0.39 is 0 Å². The van der Waals surface area contributed by atoms with E-state index in [1.165, 1.54) is 0 Å². The lowest BCUT2D eigenvalue weighted by atomic mass is 9.93. The van der Waals surface area contributed by atoms with Crippen LogP contribution >= 0.6 is 0 Å². The number of carbonyl (C=O) groups is 2. The van der Waals surface area contributed by atoms with Crippen molar-refractivity contribution in [2.45, 2.75) is 44.6 Å². The second-order valence-electron chi connectivity index (χ2n) is 8.84. The highest BCUT2D eigenvalue weighted by atomic mass is 16.2. The number of hydrogen-bond donors (Lipinski definition) is 0. The fourth-order valence-corrected chi connectivity index (χ4v) is 5.27. The van der Waals surface area contributed by atoms with Crippen molar-refractivity contribution in [3.63, 3.8) is 0 Å². The van der Waals surface area contributed by atoms with Crippen molar-refractivity contribution in [2.75, 3.05) is 39.3 Å². The lowest BCUT2D eigenvalue weighted by Crippen LogP contribution is -2.51.